The Labute approximate surface area is 156 Å². The summed E-state index contributed by atoms with van der Waals surface area (Å²) < 4.78 is 6.27. The van der Waals surface area contributed by atoms with Crippen molar-refractivity contribution >= 4 is 26.1 Å². The predicted octanol–water partition coefficient (Wildman–Crippen LogP) is -0.389. The van der Waals surface area contributed by atoms with Gasteiger partial charge in [0.15, 0.2) is 0 Å². The van der Waals surface area contributed by atoms with Crippen LogP contribution in [-0.2, 0) is 9.53 Å². The van der Waals surface area contributed by atoms with Crippen LogP contribution in [0.2, 0.25) is 0 Å². The molecular weight excluding hydrogens is 326 g/mol. The summed E-state index contributed by atoms with van der Waals surface area (Å²) in [5.41, 5.74) is -0.200. The molecule has 0 heterocycles. The third-order valence-corrected chi connectivity index (χ3v) is 6.66. The van der Waals surface area contributed by atoms with Gasteiger partial charge in [-0.3, -0.25) is 4.99 Å². The minimum absolute atomic E-state index is 0.0741. The number of esters is 1. The fourth-order valence-electron chi connectivity index (χ4n) is 5.27. The van der Waals surface area contributed by atoms with Gasteiger partial charge in [0.25, 0.3) is 0 Å². The maximum atomic E-state index is 13.0. The van der Waals surface area contributed by atoms with E-state index in [1.165, 1.54) is 5.57 Å². The average molecular weight is 357 g/mol. The van der Waals surface area contributed by atoms with Crippen molar-refractivity contribution in [2.24, 2.45) is 22.2 Å². The lowest BCUT2D eigenvalue weighted by molar-refractivity contribution is -0.589. The fraction of sp³-hybridized carbons (Fsp3) is 0.619. The number of rotatable bonds is 7. The summed E-state index contributed by atoms with van der Waals surface area (Å²) in [7, 11) is 0. The Morgan fingerprint density at radius 3 is 2.81 bits per heavy atom. The van der Waals surface area contributed by atoms with Crippen molar-refractivity contribution in [3.05, 3.63) is 23.8 Å². The molecule has 0 aromatic carbocycles. The number of hydrogen-bond donors (Lipinski definition) is 2. The topological polar surface area (TPSA) is 66.6 Å². The number of nitrogens with zero attached hydrogens (tertiary/aromatic N) is 1. The van der Waals surface area contributed by atoms with Gasteiger partial charge in [-0.15, -0.1) is 0 Å². The molecule has 140 valence electrons. The third-order valence-electron chi connectivity index (χ3n) is 6.66. The van der Waals surface area contributed by atoms with Crippen molar-refractivity contribution in [1.29, 1.82) is 0 Å². The smallest absolute Gasteiger partial charge is 0.385 e. The summed E-state index contributed by atoms with van der Waals surface area (Å²) in [6, 6.07) is 0.0741. The van der Waals surface area contributed by atoms with Crippen molar-refractivity contribution in [1.82, 2.24) is 0 Å². The molecule has 0 aromatic heterocycles. The zero-order valence-corrected chi connectivity index (χ0v) is 16.2. The van der Waals surface area contributed by atoms with Crippen molar-refractivity contribution in [2.75, 3.05) is 6.54 Å². The van der Waals surface area contributed by atoms with Crippen LogP contribution in [0, 0.1) is 17.3 Å². The molecule has 3 aliphatic carbocycles. The van der Waals surface area contributed by atoms with Gasteiger partial charge in [-0.1, -0.05) is 32.1 Å². The molecule has 1 spiro atoms. The molecule has 5 heteroatoms. The van der Waals surface area contributed by atoms with Crippen LogP contribution >= 0.6 is 0 Å². The van der Waals surface area contributed by atoms with Gasteiger partial charge in [-0.25, -0.2) is 14.8 Å². The van der Waals surface area contributed by atoms with Gasteiger partial charge in [0.05, 0.1) is 6.04 Å². The van der Waals surface area contributed by atoms with Crippen molar-refractivity contribution < 1.29 is 19.5 Å². The van der Waals surface area contributed by atoms with Crippen LogP contribution in [0.15, 0.2) is 28.8 Å². The normalized spacial score (nSPS) is 39.5. The Morgan fingerprint density at radius 1 is 1.50 bits per heavy atom. The fourth-order valence-corrected chi connectivity index (χ4v) is 5.27. The van der Waals surface area contributed by atoms with E-state index in [0.717, 1.165) is 19.3 Å². The molecule has 0 aliphatic heterocycles. The maximum absolute atomic E-state index is 13.0. The van der Waals surface area contributed by atoms with Gasteiger partial charge < -0.3 is 4.74 Å². The van der Waals surface area contributed by atoms with Crippen LogP contribution in [0.5, 0.6) is 0 Å². The number of carbonyl (C=O) groups is 1. The van der Waals surface area contributed by atoms with Crippen LogP contribution in [-0.4, -0.2) is 49.8 Å². The van der Waals surface area contributed by atoms with Crippen molar-refractivity contribution in [3.63, 3.8) is 0 Å². The van der Waals surface area contributed by atoms with Crippen LogP contribution in [0.4, 0.5) is 0 Å². The van der Waals surface area contributed by atoms with Gasteiger partial charge in [0.2, 0.25) is 6.54 Å². The van der Waals surface area contributed by atoms with Gasteiger partial charge in [0.1, 0.15) is 19.0 Å². The molecule has 1 saturated carbocycles. The van der Waals surface area contributed by atoms with E-state index in [9.17, 15) is 4.79 Å². The highest BCUT2D eigenvalue weighted by Gasteiger charge is 2.77. The van der Waals surface area contributed by atoms with E-state index in [1.807, 2.05) is 0 Å². The van der Waals surface area contributed by atoms with Crippen molar-refractivity contribution in [2.45, 2.75) is 57.2 Å². The highest BCUT2D eigenvalue weighted by Crippen LogP contribution is 2.74. The molecule has 0 aromatic rings. The second-order valence-electron chi connectivity index (χ2n) is 8.32. The van der Waals surface area contributed by atoms with Gasteiger partial charge >= 0.3 is 11.5 Å². The number of hydrogen-bond acceptors (Lipinski definition) is 3. The predicted molar refractivity (Wildman–Crippen MR) is 103 cm³/mol. The van der Waals surface area contributed by atoms with Crippen LogP contribution in [0.3, 0.4) is 0 Å². The SMILES string of the molecule is C=NC1C=CC2=C[C@H](C)CC3(OC(=O)C(C)(C[NH+]=C)[NH+]=C)CC23C1CC. The molecule has 0 bridgehead atoms. The zero-order chi connectivity index (χ0) is 19.2. The van der Waals surface area contributed by atoms with Gasteiger partial charge in [-0.05, 0) is 37.0 Å². The molecule has 3 aliphatic rings. The van der Waals surface area contributed by atoms with E-state index < -0.39 is 11.1 Å². The van der Waals surface area contributed by atoms with E-state index in [0.29, 0.717) is 18.4 Å². The Kier molecular flexibility index (Phi) is 4.53. The zero-order valence-electron chi connectivity index (χ0n) is 16.2. The summed E-state index contributed by atoms with van der Waals surface area (Å²) in [5.74, 6) is 0.400. The highest BCUT2D eigenvalue weighted by molar-refractivity contribution is 5.80. The average Bonchev–Trinajstić information content (AvgIpc) is 3.26. The molecule has 0 radical (unpaired) electrons. The monoisotopic (exact) mass is 357 g/mol. The standard InChI is InChI=1S/C21H29N3O2/c1-7-16-17(23-5)9-8-15-10-14(2)11-20(12-21(15,16)20)26-18(25)19(3,24-6)13-22-4/h8-10,14,16-17H,4-7,11-13H2,1-3H3/p+2/t14-,16?,17?,19?,20?,21?/m0/s1. The first-order valence-electron chi connectivity index (χ1n) is 9.46. The largest absolute Gasteiger partial charge is 0.453 e. The molecule has 5 nitrogen and oxygen atoms in total. The molecule has 0 saturated heterocycles. The summed E-state index contributed by atoms with van der Waals surface area (Å²) in [5, 5.41) is 0. The van der Waals surface area contributed by atoms with E-state index in [2.05, 4.69) is 67.2 Å². The summed E-state index contributed by atoms with van der Waals surface area (Å²) in [6.07, 6.45) is 9.35. The lowest BCUT2D eigenvalue weighted by Crippen LogP contribution is -2.94. The molecule has 0 amide bonds. The molecule has 2 N–H and O–H groups in total. The minimum Gasteiger partial charge on any atom is -0.453 e. The second-order valence-corrected chi connectivity index (χ2v) is 8.32. The maximum Gasteiger partial charge on any atom is 0.385 e. The Balaban J connectivity index is 1.98. The number of aliphatic imine (C=N–C) groups is 1. The lowest BCUT2D eigenvalue weighted by atomic mass is 9.66. The molecular formula is C21H31N3O2+2. The molecule has 6 atom stereocenters. The Morgan fingerprint density at radius 2 is 2.23 bits per heavy atom. The molecule has 26 heavy (non-hydrogen) atoms. The summed E-state index contributed by atoms with van der Waals surface area (Å²) in [4.78, 5) is 23.0. The summed E-state index contributed by atoms with van der Waals surface area (Å²) >= 11 is 0. The quantitative estimate of drug-likeness (QED) is 0.481. The highest BCUT2D eigenvalue weighted by atomic mass is 16.6. The van der Waals surface area contributed by atoms with Gasteiger partial charge in [-0.2, -0.15) is 0 Å². The molecule has 1 fully saturated rings. The summed E-state index contributed by atoms with van der Waals surface area (Å²) in [6.45, 7) is 17.7. The minimum atomic E-state index is -0.910. The Hall–Kier alpha value is -2.04. The van der Waals surface area contributed by atoms with E-state index >= 15 is 0 Å². The van der Waals surface area contributed by atoms with E-state index in [1.54, 1.807) is 6.92 Å². The third kappa shape index (κ3) is 2.43. The first-order chi connectivity index (χ1) is 12.3. The first-order valence-corrected chi connectivity index (χ1v) is 9.46. The number of allylic oxidation sites excluding steroid dienone is 2. The second kappa shape index (κ2) is 6.29. The first kappa shape index (κ1) is 18.7. The number of ether oxygens (including phenoxy) is 1. The molecule has 5 unspecified atom stereocenters. The van der Waals surface area contributed by atoms with Crippen LogP contribution in [0.1, 0.15) is 40.0 Å². The van der Waals surface area contributed by atoms with Crippen LogP contribution < -0.4 is 9.98 Å². The van der Waals surface area contributed by atoms with E-state index in [-0.39, 0.29) is 17.4 Å². The lowest BCUT2D eigenvalue weighted by Gasteiger charge is -2.42. The number of nitrogens with one attached hydrogen (secondary N) is 2. The number of carbonyl (C=O) groups excluding carboxylic acids is 1. The Bertz CT molecular complexity index is 712. The van der Waals surface area contributed by atoms with E-state index in [4.69, 9.17) is 4.74 Å². The van der Waals surface area contributed by atoms with Crippen molar-refractivity contribution in [3.8, 4) is 0 Å². The molecule has 3 rings (SSSR count). The van der Waals surface area contributed by atoms with Gasteiger partial charge in [0, 0.05) is 18.8 Å². The van der Waals surface area contributed by atoms with Crippen LogP contribution in [0.25, 0.3) is 0 Å².